The lowest BCUT2D eigenvalue weighted by molar-refractivity contribution is 0.000631. The lowest BCUT2D eigenvalue weighted by Crippen LogP contribution is -2.56. The third-order valence-corrected chi connectivity index (χ3v) is 6.50. The van der Waals surface area contributed by atoms with Gasteiger partial charge in [0.1, 0.15) is 11.2 Å². The van der Waals surface area contributed by atoms with E-state index in [9.17, 15) is 0 Å². The van der Waals surface area contributed by atoms with E-state index in [1.54, 1.807) is 38.5 Å². The van der Waals surface area contributed by atoms with E-state index >= 15 is 0 Å². The summed E-state index contributed by atoms with van der Waals surface area (Å²) in [5.41, 5.74) is -0.0929. The molecule has 0 spiro atoms. The highest BCUT2D eigenvalue weighted by Gasteiger charge is 2.48. The first-order valence-corrected chi connectivity index (χ1v) is 8.45. The van der Waals surface area contributed by atoms with Crippen LogP contribution in [0.5, 0.6) is 0 Å². The van der Waals surface area contributed by atoms with Crippen LogP contribution in [0, 0.1) is 0 Å². The van der Waals surface area contributed by atoms with Crippen molar-refractivity contribution in [3.8, 4) is 0 Å². The second-order valence-electron chi connectivity index (χ2n) is 3.39. The van der Waals surface area contributed by atoms with Crippen LogP contribution in [-0.4, -0.2) is 41.3 Å². The first-order valence-electron chi connectivity index (χ1n) is 5.71. The second-order valence-corrected chi connectivity index (χ2v) is 7.60. The molecule has 0 radical (unpaired) electrons. The van der Waals surface area contributed by atoms with Crippen molar-refractivity contribution < 1.29 is 18.0 Å². The zero-order valence-electron chi connectivity index (χ0n) is 11.4. The fraction of sp³-hybridized carbons (Fsp3) is 0.818. The summed E-state index contributed by atoms with van der Waals surface area (Å²) in [6, 6.07) is 0. The molecule has 0 aromatic carbocycles. The minimum Gasteiger partial charge on any atom is -0.375 e. The molecule has 0 fully saturated rings. The van der Waals surface area contributed by atoms with Crippen LogP contribution in [-0.2, 0) is 18.0 Å². The highest BCUT2D eigenvalue weighted by Crippen LogP contribution is 2.25. The summed E-state index contributed by atoms with van der Waals surface area (Å²) in [7, 11) is 2.09. The van der Waals surface area contributed by atoms with Gasteiger partial charge in [-0.05, 0) is 18.2 Å². The average Bonchev–Trinajstić information content (AvgIpc) is 2.38. The largest absolute Gasteiger partial charge is 0.530 e. The number of hydrogen-bond donors (Lipinski definition) is 0. The third kappa shape index (κ3) is 4.73. The first-order chi connectivity index (χ1) is 8.13. The van der Waals surface area contributed by atoms with Gasteiger partial charge in [0.2, 0.25) is 0 Å². The molecule has 0 N–H and O–H groups in total. The molecule has 102 valence electrons. The molecule has 0 bridgehead atoms. The molecule has 0 aromatic heterocycles. The normalized spacial score (nSPS) is 15.6. The Morgan fingerprint density at radius 3 is 1.94 bits per heavy atom. The van der Waals surface area contributed by atoms with Gasteiger partial charge in [-0.15, -0.1) is 11.8 Å². The molecule has 0 amide bonds. The van der Waals surface area contributed by atoms with Crippen LogP contribution in [0.25, 0.3) is 0 Å². The summed E-state index contributed by atoms with van der Waals surface area (Å²) in [5.74, 6) is 0. The van der Waals surface area contributed by atoms with Gasteiger partial charge >= 0.3 is 8.80 Å². The van der Waals surface area contributed by atoms with Crippen molar-refractivity contribution in [1.29, 1.82) is 0 Å². The van der Waals surface area contributed by atoms with E-state index in [2.05, 4.69) is 13.5 Å². The van der Waals surface area contributed by atoms with Crippen molar-refractivity contribution in [2.24, 2.45) is 0 Å². The van der Waals surface area contributed by atoms with Gasteiger partial charge in [-0.3, -0.25) is 0 Å². The number of rotatable bonds is 10. The van der Waals surface area contributed by atoms with Crippen molar-refractivity contribution in [3.05, 3.63) is 12.0 Å². The molecule has 0 saturated heterocycles. The SMILES string of the molecule is C=CSC(CC)OC(CC)[Si](OC)(OC)OC. The topological polar surface area (TPSA) is 36.9 Å². The van der Waals surface area contributed by atoms with Crippen LogP contribution in [0.4, 0.5) is 0 Å². The Hall–Kier alpha value is 0.147. The van der Waals surface area contributed by atoms with Crippen LogP contribution >= 0.6 is 11.8 Å². The van der Waals surface area contributed by atoms with Crippen LogP contribution in [0.2, 0.25) is 0 Å². The van der Waals surface area contributed by atoms with E-state index < -0.39 is 8.80 Å². The maximum Gasteiger partial charge on any atom is 0.530 e. The van der Waals surface area contributed by atoms with Gasteiger partial charge in [-0.25, -0.2) is 0 Å². The Morgan fingerprint density at radius 2 is 1.65 bits per heavy atom. The summed E-state index contributed by atoms with van der Waals surface area (Å²) >= 11 is 1.56. The average molecular weight is 280 g/mol. The van der Waals surface area contributed by atoms with Gasteiger partial charge in [0.05, 0.1) is 0 Å². The highest BCUT2D eigenvalue weighted by molar-refractivity contribution is 8.02. The highest BCUT2D eigenvalue weighted by atomic mass is 32.2. The molecule has 6 heteroatoms. The second kappa shape index (κ2) is 9.13. The molecule has 0 heterocycles. The predicted molar refractivity (Wildman–Crippen MR) is 73.8 cm³/mol. The van der Waals surface area contributed by atoms with E-state index in [4.69, 9.17) is 18.0 Å². The molecule has 0 aliphatic carbocycles. The van der Waals surface area contributed by atoms with Gasteiger partial charge in [0.25, 0.3) is 0 Å². The van der Waals surface area contributed by atoms with Crippen LogP contribution < -0.4 is 0 Å². The summed E-state index contributed by atoms with van der Waals surface area (Å²) in [4.78, 5) is 0. The van der Waals surface area contributed by atoms with Crippen molar-refractivity contribution in [1.82, 2.24) is 0 Å². The monoisotopic (exact) mass is 280 g/mol. The van der Waals surface area contributed by atoms with Gasteiger partial charge in [-0.2, -0.15) is 0 Å². The fourth-order valence-electron chi connectivity index (χ4n) is 1.59. The fourth-order valence-corrected chi connectivity index (χ4v) is 4.41. The van der Waals surface area contributed by atoms with Crippen molar-refractivity contribution >= 4 is 20.6 Å². The summed E-state index contributed by atoms with van der Waals surface area (Å²) in [6.45, 7) is 7.81. The summed E-state index contributed by atoms with van der Waals surface area (Å²) in [6.07, 6.45) is 1.69. The Bertz CT molecular complexity index is 203. The van der Waals surface area contributed by atoms with Gasteiger partial charge in [0.15, 0.2) is 0 Å². The smallest absolute Gasteiger partial charge is 0.375 e. The number of hydrogen-bond acceptors (Lipinski definition) is 5. The van der Waals surface area contributed by atoms with E-state index in [0.29, 0.717) is 0 Å². The number of ether oxygens (including phenoxy) is 1. The van der Waals surface area contributed by atoms with Gasteiger partial charge in [0, 0.05) is 21.3 Å². The van der Waals surface area contributed by atoms with Gasteiger partial charge in [-0.1, -0.05) is 20.4 Å². The van der Waals surface area contributed by atoms with Crippen LogP contribution in [0.3, 0.4) is 0 Å². The van der Waals surface area contributed by atoms with E-state index in [1.165, 1.54) is 0 Å². The zero-order valence-corrected chi connectivity index (χ0v) is 13.2. The zero-order chi connectivity index (χ0) is 13.3. The van der Waals surface area contributed by atoms with Gasteiger partial charge < -0.3 is 18.0 Å². The third-order valence-electron chi connectivity index (χ3n) is 2.52. The van der Waals surface area contributed by atoms with E-state index in [0.717, 1.165) is 12.8 Å². The van der Waals surface area contributed by atoms with E-state index in [-0.39, 0.29) is 11.2 Å². The molecule has 2 atom stereocenters. The molecule has 0 aliphatic rings. The Balaban J connectivity index is 4.72. The minimum atomic E-state index is -2.72. The molecule has 0 aliphatic heterocycles. The van der Waals surface area contributed by atoms with Crippen LogP contribution in [0.15, 0.2) is 12.0 Å². The molecule has 0 rings (SSSR count). The lowest BCUT2D eigenvalue weighted by atomic mass is 10.5. The molecule has 4 nitrogen and oxygen atoms in total. The standard InChI is InChI=1S/C11H24O4SSi/c1-7-10(16-9-3)15-11(8-2)17(12-4,13-5)14-6/h9-11H,3,7-8H2,1-2,4-6H3. The Labute approximate surface area is 110 Å². The van der Waals surface area contributed by atoms with Crippen molar-refractivity contribution in [2.75, 3.05) is 21.3 Å². The maximum atomic E-state index is 6.01. The van der Waals surface area contributed by atoms with Crippen molar-refractivity contribution in [3.63, 3.8) is 0 Å². The Morgan fingerprint density at radius 1 is 1.12 bits per heavy atom. The number of thioether (sulfide) groups is 1. The maximum absolute atomic E-state index is 6.01. The Kier molecular flexibility index (Phi) is 9.21. The predicted octanol–water partition coefficient (Wildman–Crippen LogP) is 2.81. The molecule has 0 saturated carbocycles. The van der Waals surface area contributed by atoms with Crippen LogP contribution in [0.1, 0.15) is 26.7 Å². The summed E-state index contributed by atoms with van der Waals surface area (Å²) < 4.78 is 22.3. The van der Waals surface area contributed by atoms with E-state index in [1.807, 2.05) is 6.92 Å². The lowest BCUT2D eigenvalue weighted by Gasteiger charge is -2.33. The van der Waals surface area contributed by atoms with Crippen molar-refractivity contribution in [2.45, 2.75) is 37.9 Å². The molecule has 2 unspecified atom stereocenters. The first kappa shape index (κ1) is 17.1. The summed E-state index contributed by atoms with van der Waals surface area (Å²) in [5, 5.41) is 1.79. The molecular formula is C11H24O4SSi. The quantitative estimate of drug-likeness (QED) is 0.454. The minimum absolute atomic E-state index is 0.0600. The molecule has 17 heavy (non-hydrogen) atoms. The molecular weight excluding hydrogens is 256 g/mol. The molecule has 0 aromatic rings.